The highest BCUT2D eigenvalue weighted by molar-refractivity contribution is 5.93. The zero-order valence-corrected chi connectivity index (χ0v) is 17.0. The summed E-state index contributed by atoms with van der Waals surface area (Å²) in [6, 6.07) is 21.2. The third-order valence-corrected chi connectivity index (χ3v) is 5.46. The maximum Gasteiger partial charge on any atom is 0.147 e. The fourth-order valence-corrected chi connectivity index (χ4v) is 4.05. The molecular formula is C24H34NO+. The third kappa shape index (κ3) is 4.42. The Hall–Kier alpha value is -1.93. The fraction of sp³-hybridized carbons (Fsp3) is 0.458. The molecule has 0 fully saturated rings. The molecule has 2 nitrogen and oxygen atoms in total. The predicted octanol–water partition coefficient (Wildman–Crippen LogP) is 3.90. The van der Waals surface area contributed by atoms with Gasteiger partial charge in [-0.15, -0.1) is 0 Å². The van der Waals surface area contributed by atoms with Gasteiger partial charge in [-0.25, -0.2) is 0 Å². The molecule has 0 unspecified atom stereocenters. The molecule has 0 amide bonds. The molecule has 0 aliphatic carbocycles. The van der Waals surface area contributed by atoms with E-state index in [4.69, 9.17) is 0 Å². The van der Waals surface area contributed by atoms with Crippen molar-refractivity contribution < 1.29 is 9.69 Å². The van der Waals surface area contributed by atoms with Gasteiger partial charge in [-0.1, -0.05) is 81.4 Å². The number of benzene rings is 2. The van der Waals surface area contributed by atoms with E-state index in [1.54, 1.807) is 0 Å². The standard InChI is InChI=1S/C24H33NO/c1-6-23(26)24(20-13-9-7-10-14-20,21-15-11-8-12-16-21)18-22(25(4)5)17-19(2)3/h7-16,19,22H,6,17-18H2,1-5H3/p+1/t22-/m0/s1. The van der Waals surface area contributed by atoms with E-state index in [1.807, 2.05) is 19.1 Å². The summed E-state index contributed by atoms with van der Waals surface area (Å²) >= 11 is 0. The lowest BCUT2D eigenvalue weighted by atomic mass is 9.66. The molecule has 0 radical (unpaired) electrons. The molecule has 0 saturated heterocycles. The SMILES string of the molecule is CCC(=O)C(C[C@H](CC(C)C)[NH+](C)C)(c1ccccc1)c1ccccc1. The summed E-state index contributed by atoms with van der Waals surface area (Å²) < 4.78 is 0. The van der Waals surface area contributed by atoms with Crippen molar-refractivity contribution >= 4 is 5.78 Å². The van der Waals surface area contributed by atoms with E-state index in [9.17, 15) is 4.79 Å². The van der Waals surface area contributed by atoms with Crippen molar-refractivity contribution in [1.29, 1.82) is 0 Å². The van der Waals surface area contributed by atoms with Crippen molar-refractivity contribution in [2.24, 2.45) is 5.92 Å². The first-order chi connectivity index (χ1) is 12.4. The summed E-state index contributed by atoms with van der Waals surface area (Å²) in [6.07, 6.45) is 2.50. The quantitative estimate of drug-likeness (QED) is 0.726. The van der Waals surface area contributed by atoms with Gasteiger partial charge in [-0.2, -0.15) is 0 Å². The summed E-state index contributed by atoms with van der Waals surface area (Å²) in [7, 11) is 4.43. The molecule has 2 aromatic rings. The minimum Gasteiger partial charge on any atom is -0.337 e. The van der Waals surface area contributed by atoms with Crippen molar-refractivity contribution in [3.05, 3.63) is 71.8 Å². The van der Waals surface area contributed by atoms with Gasteiger partial charge in [0.05, 0.1) is 25.6 Å². The van der Waals surface area contributed by atoms with Crippen LogP contribution in [0.3, 0.4) is 0 Å². The van der Waals surface area contributed by atoms with Gasteiger partial charge in [-0.3, -0.25) is 4.79 Å². The van der Waals surface area contributed by atoms with E-state index in [0.29, 0.717) is 24.2 Å². The Bertz CT molecular complexity index is 636. The number of rotatable bonds is 9. The Morgan fingerprint density at radius 1 is 0.923 bits per heavy atom. The summed E-state index contributed by atoms with van der Waals surface area (Å²) in [5.74, 6) is 0.917. The second-order valence-electron chi connectivity index (χ2n) is 8.02. The Balaban J connectivity index is 2.65. The number of hydrogen-bond acceptors (Lipinski definition) is 1. The van der Waals surface area contributed by atoms with E-state index in [-0.39, 0.29) is 0 Å². The molecule has 0 spiro atoms. The van der Waals surface area contributed by atoms with E-state index < -0.39 is 5.41 Å². The van der Waals surface area contributed by atoms with Gasteiger partial charge in [0.2, 0.25) is 0 Å². The number of nitrogens with one attached hydrogen (secondary N) is 1. The number of hydrogen-bond donors (Lipinski definition) is 1. The van der Waals surface area contributed by atoms with Crippen LogP contribution in [0.15, 0.2) is 60.7 Å². The van der Waals surface area contributed by atoms with E-state index in [1.165, 1.54) is 4.90 Å². The summed E-state index contributed by atoms with van der Waals surface area (Å²) in [6.45, 7) is 6.53. The normalized spacial score (nSPS) is 13.2. The highest BCUT2D eigenvalue weighted by Gasteiger charge is 2.43. The van der Waals surface area contributed by atoms with Crippen LogP contribution in [-0.2, 0) is 10.2 Å². The molecule has 26 heavy (non-hydrogen) atoms. The van der Waals surface area contributed by atoms with Gasteiger partial charge in [0.15, 0.2) is 0 Å². The van der Waals surface area contributed by atoms with Gasteiger partial charge in [0.1, 0.15) is 5.78 Å². The molecule has 2 aromatic carbocycles. The second kappa shape index (κ2) is 9.14. The first-order valence-corrected chi connectivity index (χ1v) is 9.86. The molecule has 0 aliphatic heterocycles. The molecular weight excluding hydrogens is 318 g/mol. The van der Waals surface area contributed by atoms with Gasteiger partial charge >= 0.3 is 0 Å². The minimum atomic E-state index is -0.575. The average molecular weight is 353 g/mol. The first kappa shape index (κ1) is 20.4. The van der Waals surface area contributed by atoms with Crippen LogP contribution in [-0.4, -0.2) is 25.9 Å². The first-order valence-electron chi connectivity index (χ1n) is 9.86. The third-order valence-electron chi connectivity index (χ3n) is 5.46. The molecule has 0 saturated carbocycles. The lowest BCUT2D eigenvalue weighted by Gasteiger charge is -2.37. The van der Waals surface area contributed by atoms with Gasteiger partial charge in [0, 0.05) is 19.3 Å². The fourth-order valence-electron chi connectivity index (χ4n) is 4.05. The molecule has 0 bridgehead atoms. The Morgan fingerprint density at radius 2 is 1.38 bits per heavy atom. The number of carbonyl (C=O) groups excluding carboxylic acids is 1. The highest BCUT2D eigenvalue weighted by atomic mass is 16.1. The van der Waals surface area contributed by atoms with E-state index >= 15 is 0 Å². The van der Waals surface area contributed by atoms with Crippen molar-refractivity contribution in [2.45, 2.75) is 51.5 Å². The largest absolute Gasteiger partial charge is 0.337 e. The number of carbonyl (C=O) groups is 1. The van der Waals surface area contributed by atoms with Crippen molar-refractivity contribution in [2.75, 3.05) is 14.1 Å². The van der Waals surface area contributed by atoms with Gasteiger partial charge in [-0.05, 0) is 17.0 Å². The summed E-state index contributed by atoms with van der Waals surface area (Å²) in [5, 5.41) is 0. The van der Waals surface area contributed by atoms with E-state index in [0.717, 1.165) is 24.0 Å². The van der Waals surface area contributed by atoms with Crippen LogP contribution >= 0.6 is 0 Å². The maximum absolute atomic E-state index is 13.5. The maximum atomic E-state index is 13.5. The molecule has 0 aliphatic rings. The summed E-state index contributed by atoms with van der Waals surface area (Å²) in [5.41, 5.74) is 1.66. The Kier molecular flexibility index (Phi) is 7.16. The Labute approximate surface area is 159 Å². The van der Waals surface area contributed by atoms with Gasteiger partial charge in [0.25, 0.3) is 0 Å². The monoisotopic (exact) mass is 352 g/mol. The molecule has 1 N–H and O–H groups in total. The summed E-state index contributed by atoms with van der Waals surface area (Å²) in [4.78, 5) is 14.9. The zero-order chi connectivity index (χ0) is 19.2. The number of Topliss-reactive ketones (excluding diaryl/α,β-unsaturated/α-hetero) is 1. The second-order valence-corrected chi connectivity index (χ2v) is 8.02. The van der Waals surface area contributed by atoms with Crippen LogP contribution in [0.25, 0.3) is 0 Å². The van der Waals surface area contributed by atoms with Crippen LogP contribution in [0.1, 0.15) is 51.2 Å². The average Bonchev–Trinajstić information content (AvgIpc) is 2.65. The van der Waals surface area contributed by atoms with Crippen LogP contribution in [0, 0.1) is 5.92 Å². The topological polar surface area (TPSA) is 21.5 Å². The van der Waals surface area contributed by atoms with Crippen molar-refractivity contribution in [3.8, 4) is 0 Å². The Morgan fingerprint density at radius 3 is 1.73 bits per heavy atom. The van der Waals surface area contributed by atoms with Crippen molar-refractivity contribution in [3.63, 3.8) is 0 Å². The van der Waals surface area contributed by atoms with Crippen LogP contribution in [0.4, 0.5) is 0 Å². The molecule has 0 heterocycles. The minimum absolute atomic E-state index is 0.310. The number of ketones is 1. The number of quaternary nitrogens is 1. The lowest BCUT2D eigenvalue weighted by molar-refractivity contribution is -0.887. The molecule has 140 valence electrons. The lowest BCUT2D eigenvalue weighted by Crippen LogP contribution is -3.10. The van der Waals surface area contributed by atoms with Gasteiger partial charge < -0.3 is 4.90 Å². The van der Waals surface area contributed by atoms with E-state index in [2.05, 4.69) is 76.5 Å². The van der Waals surface area contributed by atoms with Crippen LogP contribution < -0.4 is 4.90 Å². The predicted molar refractivity (Wildman–Crippen MR) is 110 cm³/mol. The highest BCUT2D eigenvalue weighted by Crippen LogP contribution is 2.39. The van der Waals surface area contributed by atoms with Crippen LogP contribution in [0.5, 0.6) is 0 Å². The molecule has 2 heteroatoms. The zero-order valence-electron chi connectivity index (χ0n) is 17.0. The smallest absolute Gasteiger partial charge is 0.147 e. The molecule has 0 aromatic heterocycles. The van der Waals surface area contributed by atoms with Crippen molar-refractivity contribution in [1.82, 2.24) is 0 Å². The van der Waals surface area contributed by atoms with Crippen LogP contribution in [0.2, 0.25) is 0 Å². The molecule has 2 rings (SSSR count). The molecule has 1 atom stereocenters.